The highest BCUT2D eigenvalue weighted by Gasteiger charge is 2.38. The zero-order valence-electron chi connectivity index (χ0n) is 11.5. The van der Waals surface area contributed by atoms with Crippen LogP contribution in [0.4, 0.5) is 4.39 Å². The first-order chi connectivity index (χ1) is 9.16. The molecule has 0 bridgehead atoms. The lowest BCUT2D eigenvalue weighted by molar-refractivity contribution is 0.153. The van der Waals surface area contributed by atoms with E-state index in [1.807, 2.05) is 0 Å². The summed E-state index contributed by atoms with van der Waals surface area (Å²) in [7, 11) is 0. The first-order valence-electron chi connectivity index (χ1n) is 6.79. The van der Waals surface area contributed by atoms with E-state index in [4.69, 9.17) is 11.6 Å². The topological polar surface area (TPSA) is 35.5 Å². The van der Waals surface area contributed by atoms with Gasteiger partial charge in [-0.1, -0.05) is 11.6 Å². The summed E-state index contributed by atoms with van der Waals surface area (Å²) in [5.74, 6) is -0.343. The normalized spacial score (nSPS) is 20.3. The molecule has 1 heterocycles. The molecule has 3 rings (SSSR count). The molecule has 1 aliphatic carbocycles. The number of halogens is 4. The largest absolute Gasteiger partial charge is 0.505 e. The van der Waals surface area contributed by atoms with E-state index < -0.39 is 5.82 Å². The minimum Gasteiger partial charge on any atom is -0.505 e. The standard InChI is InChI=1S/C14H18ClFN2O.2ClH/c15-10-7-11(14(19)12(16)8-10)13(9-1-2-9)18-5-3-17-4-6-18;;/h7-9,13,17,19H,1-6H2;2*1H/t13-;;/m1../s1. The third kappa shape index (κ3) is 4.14. The van der Waals surface area contributed by atoms with E-state index in [9.17, 15) is 9.50 Å². The van der Waals surface area contributed by atoms with Gasteiger partial charge in [-0.05, 0) is 30.9 Å². The van der Waals surface area contributed by atoms with Gasteiger partial charge < -0.3 is 10.4 Å². The third-order valence-electron chi connectivity index (χ3n) is 3.99. The number of piperazine rings is 1. The van der Waals surface area contributed by atoms with Gasteiger partial charge in [0.2, 0.25) is 0 Å². The van der Waals surface area contributed by atoms with Crippen molar-refractivity contribution in [2.75, 3.05) is 26.2 Å². The van der Waals surface area contributed by atoms with E-state index in [2.05, 4.69) is 10.2 Å². The predicted molar refractivity (Wildman–Crippen MR) is 87.5 cm³/mol. The third-order valence-corrected chi connectivity index (χ3v) is 4.21. The summed E-state index contributed by atoms with van der Waals surface area (Å²) in [6.07, 6.45) is 2.28. The van der Waals surface area contributed by atoms with Crippen LogP contribution in [0, 0.1) is 11.7 Å². The van der Waals surface area contributed by atoms with Crippen molar-refractivity contribution >= 4 is 36.4 Å². The molecule has 3 nitrogen and oxygen atoms in total. The minimum absolute atomic E-state index is 0. The molecule has 2 fully saturated rings. The van der Waals surface area contributed by atoms with E-state index in [1.165, 1.54) is 6.07 Å². The van der Waals surface area contributed by atoms with Gasteiger partial charge in [0.25, 0.3) is 0 Å². The van der Waals surface area contributed by atoms with Gasteiger partial charge in [0.1, 0.15) is 0 Å². The SMILES string of the molecule is Cl.Cl.Oc1c(F)cc(Cl)cc1[C@@H](C1CC1)N1CCNCC1. The van der Waals surface area contributed by atoms with E-state index in [1.54, 1.807) is 6.07 Å². The van der Waals surface area contributed by atoms with Gasteiger partial charge in [-0.3, -0.25) is 4.90 Å². The number of hydrogen-bond acceptors (Lipinski definition) is 3. The Hall–Kier alpha value is -0.260. The van der Waals surface area contributed by atoms with Crippen molar-refractivity contribution in [1.29, 1.82) is 0 Å². The maximum atomic E-state index is 13.7. The lowest BCUT2D eigenvalue weighted by atomic mass is 9.98. The summed E-state index contributed by atoms with van der Waals surface area (Å²) in [5, 5.41) is 13.7. The fourth-order valence-electron chi connectivity index (χ4n) is 2.93. The molecule has 1 atom stereocenters. The van der Waals surface area contributed by atoms with Crippen LogP contribution < -0.4 is 5.32 Å². The van der Waals surface area contributed by atoms with Crippen molar-refractivity contribution in [3.05, 3.63) is 28.5 Å². The molecule has 1 aromatic carbocycles. The van der Waals surface area contributed by atoms with Crippen molar-refractivity contribution < 1.29 is 9.50 Å². The molecule has 0 aromatic heterocycles. The molecule has 1 aliphatic heterocycles. The van der Waals surface area contributed by atoms with Gasteiger partial charge in [-0.2, -0.15) is 0 Å². The van der Waals surface area contributed by atoms with Gasteiger partial charge >= 0.3 is 0 Å². The van der Waals surface area contributed by atoms with E-state index in [0.29, 0.717) is 16.5 Å². The van der Waals surface area contributed by atoms with Crippen molar-refractivity contribution in [2.45, 2.75) is 18.9 Å². The van der Waals surface area contributed by atoms with Gasteiger partial charge in [0, 0.05) is 42.8 Å². The minimum atomic E-state index is -0.622. The average molecular weight is 358 g/mol. The molecule has 0 spiro atoms. The average Bonchev–Trinajstić information content (AvgIpc) is 3.21. The second-order valence-electron chi connectivity index (χ2n) is 5.39. The van der Waals surface area contributed by atoms with Crippen molar-refractivity contribution in [2.24, 2.45) is 5.92 Å². The Morgan fingerprint density at radius 2 is 1.86 bits per heavy atom. The molecular formula is C14H20Cl3FN2O. The van der Waals surface area contributed by atoms with Gasteiger partial charge in [-0.15, -0.1) is 24.8 Å². The molecular weight excluding hydrogens is 338 g/mol. The Labute approximate surface area is 141 Å². The molecule has 7 heteroatoms. The van der Waals surface area contributed by atoms with Crippen molar-refractivity contribution in [1.82, 2.24) is 10.2 Å². The Morgan fingerprint density at radius 3 is 2.43 bits per heavy atom. The molecule has 1 saturated heterocycles. The fourth-order valence-corrected chi connectivity index (χ4v) is 3.15. The highest BCUT2D eigenvalue weighted by atomic mass is 35.5. The lowest BCUT2D eigenvalue weighted by Gasteiger charge is -2.35. The number of nitrogens with zero attached hydrogens (tertiary/aromatic N) is 1. The monoisotopic (exact) mass is 356 g/mol. The maximum absolute atomic E-state index is 13.7. The summed E-state index contributed by atoms with van der Waals surface area (Å²) in [6.45, 7) is 3.73. The number of phenolic OH excluding ortho intramolecular Hbond substituents is 1. The zero-order valence-corrected chi connectivity index (χ0v) is 13.9. The number of nitrogens with one attached hydrogen (secondary N) is 1. The first-order valence-corrected chi connectivity index (χ1v) is 7.17. The molecule has 21 heavy (non-hydrogen) atoms. The van der Waals surface area contributed by atoms with Gasteiger partial charge in [0.15, 0.2) is 11.6 Å². The summed E-state index contributed by atoms with van der Waals surface area (Å²) in [5.41, 5.74) is 0.648. The van der Waals surface area contributed by atoms with E-state index in [-0.39, 0.29) is 36.6 Å². The molecule has 0 unspecified atom stereocenters. The van der Waals surface area contributed by atoms with Crippen LogP contribution in [-0.4, -0.2) is 36.2 Å². The number of rotatable bonds is 3. The number of phenols is 1. The van der Waals surface area contributed by atoms with Gasteiger partial charge in [0.05, 0.1) is 0 Å². The van der Waals surface area contributed by atoms with E-state index in [0.717, 1.165) is 39.0 Å². The van der Waals surface area contributed by atoms with Crippen LogP contribution in [0.25, 0.3) is 0 Å². The molecule has 1 aromatic rings. The molecule has 1 saturated carbocycles. The van der Waals surface area contributed by atoms with E-state index >= 15 is 0 Å². The summed E-state index contributed by atoms with van der Waals surface area (Å²) < 4.78 is 13.7. The smallest absolute Gasteiger partial charge is 0.166 e. The maximum Gasteiger partial charge on any atom is 0.166 e. The Balaban J connectivity index is 0.00000110. The van der Waals surface area contributed by atoms with Crippen molar-refractivity contribution in [3.8, 4) is 5.75 Å². The molecule has 2 aliphatic rings. The highest BCUT2D eigenvalue weighted by Crippen LogP contribution is 2.47. The van der Waals surface area contributed by atoms with Gasteiger partial charge in [-0.25, -0.2) is 4.39 Å². The van der Waals surface area contributed by atoms with Crippen molar-refractivity contribution in [3.63, 3.8) is 0 Å². The number of hydrogen-bond donors (Lipinski definition) is 2. The fraction of sp³-hybridized carbons (Fsp3) is 0.571. The molecule has 0 radical (unpaired) electrons. The Morgan fingerprint density at radius 1 is 1.24 bits per heavy atom. The van der Waals surface area contributed by atoms with Crippen LogP contribution in [0.5, 0.6) is 5.75 Å². The summed E-state index contributed by atoms with van der Waals surface area (Å²) in [6, 6.07) is 2.97. The second-order valence-corrected chi connectivity index (χ2v) is 5.83. The molecule has 2 N–H and O–H groups in total. The number of aromatic hydroxyl groups is 1. The Bertz CT molecular complexity index is 480. The second kappa shape index (κ2) is 7.84. The van der Waals surface area contributed by atoms with Crippen LogP contribution in [-0.2, 0) is 0 Å². The zero-order chi connectivity index (χ0) is 13.4. The summed E-state index contributed by atoms with van der Waals surface area (Å²) in [4.78, 5) is 2.33. The lowest BCUT2D eigenvalue weighted by Crippen LogP contribution is -2.45. The molecule has 0 amide bonds. The predicted octanol–water partition coefficient (Wildman–Crippen LogP) is 3.38. The number of benzene rings is 1. The highest BCUT2D eigenvalue weighted by molar-refractivity contribution is 6.30. The van der Waals surface area contributed by atoms with Crippen LogP contribution in [0.3, 0.4) is 0 Å². The Kier molecular flexibility index (Phi) is 7.01. The van der Waals surface area contributed by atoms with Crippen LogP contribution in [0.2, 0.25) is 5.02 Å². The quantitative estimate of drug-likeness (QED) is 0.870. The van der Waals surface area contributed by atoms with Crippen LogP contribution in [0.15, 0.2) is 12.1 Å². The molecule has 120 valence electrons. The summed E-state index contributed by atoms with van der Waals surface area (Å²) >= 11 is 5.95. The first kappa shape index (κ1) is 18.8. The van der Waals surface area contributed by atoms with Crippen LogP contribution in [0.1, 0.15) is 24.4 Å². The van der Waals surface area contributed by atoms with Crippen LogP contribution >= 0.6 is 36.4 Å².